The van der Waals surface area contributed by atoms with Gasteiger partial charge in [0.2, 0.25) is 5.91 Å². The van der Waals surface area contributed by atoms with Crippen LogP contribution in [0.1, 0.15) is 17.9 Å². The zero-order valence-electron chi connectivity index (χ0n) is 12.4. The number of carbonyl (C=O) groups excluding carboxylic acids is 1. The highest BCUT2D eigenvalue weighted by molar-refractivity contribution is 7.99. The van der Waals surface area contributed by atoms with Crippen LogP contribution < -0.4 is 4.74 Å². The van der Waals surface area contributed by atoms with E-state index in [0.29, 0.717) is 17.3 Å². The third-order valence-corrected chi connectivity index (χ3v) is 5.49. The molecule has 1 amide bonds. The van der Waals surface area contributed by atoms with Gasteiger partial charge in [0.15, 0.2) is 0 Å². The van der Waals surface area contributed by atoms with Crippen molar-refractivity contribution < 1.29 is 19.4 Å². The fourth-order valence-corrected chi connectivity index (χ4v) is 3.92. The first kappa shape index (κ1) is 17.0. The molecule has 0 aliphatic carbocycles. The normalized spacial score (nSPS) is 22.4. The molecular formula is C15H19NO4S2. The maximum atomic E-state index is 12.6. The van der Waals surface area contributed by atoms with E-state index in [2.05, 4.69) is 12.6 Å². The second kappa shape index (κ2) is 7.28. The van der Waals surface area contributed by atoms with Crippen LogP contribution in [0.4, 0.5) is 0 Å². The molecule has 1 aromatic rings. The number of carboxylic acids is 1. The van der Waals surface area contributed by atoms with Crippen LogP contribution in [0.3, 0.4) is 0 Å². The van der Waals surface area contributed by atoms with Crippen molar-refractivity contribution in [3.63, 3.8) is 0 Å². The predicted molar refractivity (Wildman–Crippen MR) is 89.5 cm³/mol. The van der Waals surface area contributed by atoms with Gasteiger partial charge >= 0.3 is 5.97 Å². The van der Waals surface area contributed by atoms with E-state index < -0.39 is 12.0 Å². The number of hydrogen-bond donors (Lipinski definition) is 2. The number of benzene rings is 1. The van der Waals surface area contributed by atoms with Crippen LogP contribution in [0.5, 0.6) is 5.75 Å². The van der Waals surface area contributed by atoms with Gasteiger partial charge in [-0.3, -0.25) is 4.79 Å². The number of ether oxygens (including phenoxy) is 1. The number of methoxy groups -OCH3 is 1. The number of amides is 1. The lowest BCUT2D eigenvalue weighted by Gasteiger charge is -2.29. The zero-order chi connectivity index (χ0) is 16.3. The molecule has 0 spiro atoms. The molecule has 1 N–H and O–H groups in total. The second-order valence-corrected chi connectivity index (χ2v) is 6.62. The minimum absolute atomic E-state index is 0.180. The highest BCUT2D eigenvalue weighted by Crippen LogP contribution is 2.43. The van der Waals surface area contributed by atoms with Gasteiger partial charge in [0.1, 0.15) is 17.2 Å². The van der Waals surface area contributed by atoms with Crippen molar-refractivity contribution in [3.8, 4) is 5.75 Å². The van der Waals surface area contributed by atoms with Gasteiger partial charge in [-0.2, -0.15) is 12.6 Å². The van der Waals surface area contributed by atoms with E-state index in [-0.39, 0.29) is 17.2 Å². The Balaban J connectivity index is 2.36. The summed E-state index contributed by atoms with van der Waals surface area (Å²) < 4.78 is 5.21. The molecule has 2 rings (SSSR count). The zero-order valence-corrected chi connectivity index (χ0v) is 14.1. The minimum Gasteiger partial charge on any atom is -0.497 e. The molecule has 1 fully saturated rings. The van der Waals surface area contributed by atoms with E-state index >= 15 is 0 Å². The van der Waals surface area contributed by atoms with Crippen molar-refractivity contribution in [1.82, 2.24) is 4.90 Å². The highest BCUT2D eigenvalue weighted by Gasteiger charge is 2.43. The highest BCUT2D eigenvalue weighted by atomic mass is 32.2. The molecule has 0 bridgehead atoms. The molecule has 120 valence electrons. The summed E-state index contributed by atoms with van der Waals surface area (Å²) in [6, 6.07) is 6.58. The van der Waals surface area contributed by atoms with Crippen molar-refractivity contribution in [1.29, 1.82) is 0 Å². The minimum atomic E-state index is -0.974. The number of hydrogen-bond acceptors (Lipinski definition) is 5. The number of thioether (sulfide) groups is 1. The smallest absolute Gasteiger partial charge is 0.327 e. The van der Waals surface area contributed by atoms with Crippen LogP contribution in [-0.2, 0) is 9.59 Å². The van der Waals surface area contributed by atoms with Crippen molar-refractivity contribution in [2.75, 3.05) is 18.6 Å². The van der Waals surface area contributed by atoms with Gasteiger partial charge in [0, 0.05) is 17.4 Å². The van der Waals surface area contributed by atoms with Gasteiger partial charge in [-0.25, -0.2) is 4.79 Å². The van der Waals surface area contributed by atoms with E-state index in [9.17, 15) is 14.7 Å². The molecule has 0 radical (unpaired) electrons. The molecule has 1 saturated heterocycles. The van der Waals surface area contributed by atoms with E-state index in [1.165, 1.54) is 16.7 Å². The van der Waals surface area contributed by atoms with E-state index in [0.717, 1.165) is 5.56 Å². The van der Waals surface area contributed by atoms with Crippen LogP contribution in [0.2, 0.25) is 0 Å². The lowest BCUT2D eigenvalue weighted by atomic mass is 10.1. The molecule has 2 unspecified atom stereocenters. The number of aliphatic carboxylic acids is 1. The lowest BCUT2D eigenvalue weighted by molar-refractivity contribution is -0.150. The number of rotatable bonds is 5. The maximum Gasteiger partial charge on any atom is 0.327 e. The third kappa shape index (κ3) is 3.35. The summed E-state index contributed by atoms with van der Waals surface area (Å²) in [6.07, 6.45) is 0. The Morgan fingerprint density at radius 3 is 2.86 bits per heavy atom. The summed E-state index contributed by atoms with van der Waals surface area (Å²) in [4.78, 5) is 25.5. The van der Waals surface area contributed by atoms with E-state index in [1.54, 1.807) is 14.0 Å². The molecule has 0 aromatic heterocycles. The average molecular weight is 341 g/mol. The fourth-order valence-electron chi connectivity index (χ4n) is 2.35. The summed E-state index contributed by atoms with van der Waals surface area (Å²) in [6.45, 7) is 1.76. The Bertz CT molecular complexity index is 566. The Labute approximate surface area is 139 Å². The largest absolute Gasteiger partial charge is 0.497 e. The third-order valence-electron chi connectivity index (χ3n) is 3.61. The molecule has 22 heavy (non-hydrogen) atoms. The quantitative estimate of drug-likeness (QED) is 0.805. The van der Waals surface area contributed by atoms with Crippen LogP contribution in [-0.4, -0.2) is 46.5 Å². The first-order chi connectivity index (χ1) is 10.5. The van der Waals surface area contributed by atoms with Crippen molar-refractivity contribution in [2.24, 2.45) is 5.92 Å². The summed E-state index contributed by atoms with van der Waals surface area (Å²) in [5.41, 5.74) is 0.868. The molecule has 1 aliphatic rings. The van der Waals surface area contributed by atoms with Gasteiger partial charge in [0.25, 0.3) is 0 Å². The van der Waals surface area contributed by atoms with Crippen LogP contribution in [0.15, 0.2) is 24.3 Å². The molecule has 1 aliphatic heterocycles. The van der Waals surface area contributed by atoms with Gasteiger partial charge < -0.3 is 14.7 Å². The Morgan fingerprint density at radius 1 is 1.55 bits per heavy atom. The Morgan fingerprint density at radius 2 is 2.27 bits per heavy atom. The fraction of sp³-hybridized carbons (Fsp3) is 0.467. The topological polar surface area (TPSA) is 66.8 Å². The van der Waals surface area contributed by atoms with Crippen molar-refractivity contribution in [3.05, 3.63) is 29.8 Å². The SMILES string of the molecule is COc1cccc(C2SC[C@@H](C(=O)O)N2C(=O)C(C)CS)c1. The number of carboxylic acid groups (broad SMARTS) is 1. The van der Waals surface area contributed by atoms with Gasteiger partial charge in [-0.05, 0) is 17.7 Å². The van der Waals surface area contributed by atoms with Crippen molar-refractivity contribution >= 4 is 36.3 Å². The van der Waals surface area contributed by atoms with E-state index in [1.807, 2.05) is 24.3 Å². The summed E-state index contributed by atoms with van der Waals surface area (Å²) in [5.74, 6) is -0.0271. The van der Waals surface area contributed by atoms with E-state index in [4.69, 9.17) is 4.74 Å². The first-order valence-electron chi connectivity index (χ1n) is 6.91. The maximum absolute atomic E-state index is 12.6. The standard InChI is InChI=1S/C15H19NO4S2/c1-9(7-21)13(17)16-12(15(18)19)8-22-14(16)10-4-3-5-11(6-10)20-2/h3-6,9,12,14,21H,7-8H2,1-2H3,(H,18,19)/t9?,12-,14?/m0/s1. The van der Waals surface area contributed by atoms with Gasteiger partial charge in [-0.15, -0.1) is 11.8 Å². The monoisotopic (exact) mass is 341 g/mol. The molecular weight excluding hydrogens is 322 g/mol. The first-order valence-corrected chi connectivity index (χ1v) is 8.59. The van der Waals surface area contributed by atoms with Crippen LogP contribution >= 0.6 is 24.4 Å². The molecule has 7 heteroatoms. The molecule has 5 nitrogen and oxygen atoms in total. The predicted octanol–water partition coefficient (Wildman–Crippen LogP) is 2.29. The molecule has 1 heterocycles. The number of nitrogens with zero attached hydrogens (tertiary/aromatic N) is 1. The Kier molecular flexibility index (Phi) is 5.63. The summed E-state index contributed by atoms with van der Waals surface area (Å²) in [7, 11) is 1.58. The molecule has 3 atom stereocenters. The Hall–Kier alpha value is -1.34. The lowest BCUT2D eigenvalue weighted by Crippen LogP contribution is -2.45. The van der Waals surface area contributed by atoms with Crippen LogP contribution in [0.25, 0.3) is 0 Å². The van der Waals surface area contributed by atoms with Gasteiger partial charge in [-0.1, -0.05) is 19.1 Å². The molecule has 1 aromatic carbocycles. The summed E-state index contributed by atoms with van der Waals surface area (Å²) in [5, 5.41) is 9.09. The van der Waals surface area contributed by atoms with Gasteiger partial charge in [0.05, 0.1) is 7.11 Å². The molecule has 0 saturated carbocycles. The average Bonchev–Trinajstić information content (AvgIpc) is 2.98. The summed E-state index contributed by atoms with van der Waals surface area (Å²) >= 11 is 5.61. The number of thiol groups is 1. The van der Waals surface area contributed by atoms with Crippen molar-refractivity contribution in [2.45, 2.75) is 18.3 Å². The second-order valence-electron chi connectivity index (χ2n) is 5.15. The van der Waals surface area contributed by atoms with Crippen LogP contribution in [0, 0.1) is 5.92 Å². The number of carbonyl (C=O) groups is 2.